The molecule has 18 heavy (non-hydrogen) atoms. The van der Waals surface area contributed by atoms with E-state index < -0.39 is 17.5 Å². The van der Waals surface area contributed by atoms with Crippen LogP contribution in [0.3, 0.4) is 0 Å². The second kappa shape index (κ2) is 3.85. The Hall–Kier alpha value is -1.81. The van der Waals surface area contributed by atoms with E-state index in [-0.39, 0.29) is 15.9 Å². The minimum atomic E-state index is -1.54. The molecular formula is C13H5ClF3N. The minimum absolute atomic E-state index is 0.0618. The van der Waals surface area contributed by atoms with E-state index in [9.17, 15) is 13.2 Å². The monoisotopic (exact) mass is 267 g/mol. The van der Waals surface area contributed by atoms with E-state index in [0.717, 1.165) is 6.07 Å². The second-order valence-corrected chi connectivity index (χ2v) is 4.20. The molecule has 0 saturated heterocycles. The van der Waals surface area contributed by atoms with Gasteiger partial charge in [-0.1, -0.05) is 29.8 Å². The number of aromatic nitrogens is 1. The number of benzene rings is 2. The zero-order valence-electron chi connectivity index (χ0n) is 8.85. The molecule has 0 saturated carbocycles. The van der Waals surface area contributed by atoms with Crippen LogP contribution in [-0.4, -0.2) is 4.98 Å². The summed E-state index contributed by atoms with van der Waals surface area (Å²) in [6.07, 6.45) is 0. The average Bonchev–Trinajstić information content (AvgIpc) is 2.38. The van der Waals surface area contributed by atoms with E-state index >= 15 is 0 Å². The summed E-state index contributed by atoms with van der Waals surface area (Å²) in [5, 5.41) is 0.789. The van der Waals surface area contributed by atoms with Gasteiger partial charge in [0.25, 0.3) is 0 Å². The minimum Gasteiger partial charge on any atom is -0.244 e. The van der Waals surface area contributed by atoms with Crippen molar-refractivity contribution < 1.29 is 13.2 Å². The number of pyridine rings is 1. The molecule has 0 fully saturated rings. The maximum Gasteiger partial charge on any atom is 0.196 e. The summed E-state index contributed by atoms with van der Waals surface area (Å²) < 4.78 is 40.0. The fraction of sp³-hybridized carbons (Fsp3) is 0. The van der Waals surface area contributed by atoms with Gasteiger partial charge in [0.1, 0.15) is 5.52 Å². The van der Waals surface area contributed by atoms with Gasteiger partial charge in [0.05, 0.1) is 10.5 Å². The van der Waals surface area contributed by atoms with Gasteiger partial charge in [0.2, 0.25) is 0 Å². The molecule has 0 amide bonds. The van der Waals surface area contributed by atoms with Crippen LogP contribution in [0.1, 0.15) is 0 Å². The van der Waals surface area contributed by atoms with Gasteiger partial charge in [0.15, 0.2) is 17.5 Å². The summed E-state index contributed by atoms with van der Waals surface area (Å²) in [6.45, 7) is 0. The van der Waals surface area contributed by atoms with E-state index in [1.165, 1.54) is 0 Å². The Labute approximate surface area is 105 Å². The third kappa shape index (κ3) is 1.46. The largest absolute Gasteiger partial charge is 0.244 e. The fourth-order valence-corrected chi connectivity index (χ4v) is 2.19. The van der Waals surface area contributed by atoms with Crippen LogP contribution in [0.15, 0.2) is 30.3 Å². The SMILES string of the molecule is Fc1cc2c(Cl)c3ccccc3nc2c(F)c1F. The number of fused-ring (bicyclic) bond motifs is 2. The lowest BCUT2D eigenvalue weighted by molar-refractivity contribution is 0.452. The van der Waals surface area contributed by atoms with E-state index in [4.69, 9.17) is 11.6 Å². The van der Waals surface area contributed by atoms with E-state index in [2.05, 4.69) is 4.98 Å². The van der Waals surface area contributed by atoms with Crippen molar-refractivity contribution in [3.05, 3.63) is 52.8 Å². The number of para-hydroxylation sites is 1. The van der Waals surface area contributed by atoms with Crippen LogP contribution in [0.4, 0.5) is 13.2 Å². The Kier molecular flexibility index (Phi) is 2.41. The summed E-state index contributed by atoms with van der Waals surface area (Å²) in [6, 6.07) is 7.60. The van der Waals surface area contributed by atoms with E-state index in [0.29, 0.717) is 10.9 Å². The molecule has 0 N–H and O–H groups in total. The molecule has 0 atom stereocenters. The van der Waals surface area contributed by atoms with Crippen molar-refractivity contribution in [2.45, 2.75) is 0 Å². The van der Waals surface area contributed by atoms with Crippen molar-refractivity contribution in [2.75, 3.05) is 0 Å². The molecule has 3 rings (SSSR count). The van der Waals surface area contributed by atoms with Crippen LogP contribution in [0, 0.1) is 17.5 Å². The lowest BCUT2D eigenvalue weighted by Crippen LogP contribution is -1.95. The van der Waals surface area contributed by atoms with Gasteiger partial charge in [0, 0.05) is 10.8 Å². The first kappa shape index (κ1) is 11.3. The van der Waals surface area contributed by atoms with E-state index in [1.807, 2.05) is 0 Å². The maximum absolute atomic E-state index is 13.6. The first-order valence-electron chi connectivity index (χ1n) is 5.11. The molecule has 1 aromatic heterocycles. The molecule has 0 aliphatic carbocycles. The normalized spacial score (nSPS) is 11.3. The maximum atomic E-state index is 13.6. The lowest BCUT2D eigenvalue weighted by atomic mass is 10.1. The number of halogens is 4. The molecule has 0 radical (unpaired) electrons. The molecule has 0 aliphatic heterocycles. The Bertz CT molecular complexity index is 786. The van der Waals surface area contributed by atoms with Crippen molar-refractivity contribution in [1.29, 1.82) is 0 Å². The fourth-order valence-electron chi connectivity index (χ4n) is 1.88. The molecule has 0 spiro atoms. The average molecular weight is 268 g/mol. The van der Waals surface area contributed by atoms with E-state index in [1.54, 1.807) is 24.3 Å². The molecule has 2 aromatic carbocycles. The van der Waals surface area contributed by atoms with Gasteiger partial charge in [-0.05, 0) is 12.1 Å². The number of rotatable bonds is 0. The summed E-state index contributed by atoms with van der Waals surface area (Å²) in [7, 11) is 0. The second-order valence-electron chi connectivity index (χ2n) is 3.83. The van der Waals surface area contributed by atoms with Crippen LogP contribution in [0.5, 0.6) is 0 Å². The highest BCUT2D eigenvalue weighted by atomic mass is 35.5. The Morgan fingerprint density at radius 1 is 0.944 bits per heavy atom. The zero-order chi connectivity index (χ0) is 12.9. The highest BCUT2D eigenvalue weighted by Crippen LogP contribution is 2.32. The Morgan fingerprint density at radius 2 is 1.67 bits per heavy atom. The first-order valence-corrected chi connectivity index (χ1v) is 5.49. The number of hydrogen-bond donors (Lipinski definition) is 0. The van der Waals surface area contributed by atoms with Crippen LogP contribution < -0.4 is 0 Å². The smallest absolute Gasteiger partial charge is 0.196 e. The van der Waals surface area contributed by atoms with Gasteiger partial charge >= 0.3 is 0 Å². The zero-order valence-corrected chi connectivity index (χ0v) is 9.60. The van der Waals surface area contributed by atoms with Gasteiger partial charge in [-0.25, -0.2) is 18.2 Å². The predicted octanol–water partition coefficient (Wildman–Crippen LogP) is 4.46. The Morgan fingerprint density at radius 3 is 2.44 bits per heavy atom. The Balaban J connectivity index is 2.60. The standard InChI is InChI=1S/C13H5ClF3N/c14-10-6-3-1-2-4-9(6)18-13-7(10)5-8(15)11(16)12(13)17/h1-5H. The van der Waals surface area contributed by atoms with Crippen molar-refractivity contribution in [2.24, 2.45) is 0 Å². The molecule has 0 aliphatic rings. The first-order chi connectivity index (χ1) is 8.59. The summed E-state index contributed by atoms with van der Waals surface area (Å²) in [4.78, 5) is 3.97. The summed E-state index contributed by atoms with van der Waals surface area (Å²) in [5.74, 6) is -4.14. The quantitative estimate of drug-likeness (QED) is 0.433. The molecule has 90 valence electrons. The molecular weight excluding hydrogens is 263 g/mol. The van der Waals surface area contributed by atoms with Crippen molar-refractivity contribution in [3.8, 4) is 0 Å². The lowest BCUT2D eigenvalue weighted by Gasteiger charge is -2.07. The molecule has 5 heteroatoms. The molecule has 1 nitrogen and oxygen atoms in total. The van der Waals surface area contributed by atoms with Crippen LogP contribution in [0.2, 0.25) is 5.02 Å². The van der Waals surface area contributed by atoms with Gasteiger partial charge in [-0.2, -0.15) is 0 Å². The number of nitrogens with zero attached hydrogens (tertiary/aromatic N) is 1. The van der Waals surface area contributed by atoms with Crippen molar-refractivity contribution in [3.63, 3.8) is 0 Å². The highest BCUT2D eigenvalue weighted by Gasteiger charge is 2.18. The topological polar surface area (TPSA) is 12.9 Å². The van der Waals surface area contributed by atoms with Crippen LogP contribution in [0.25, 0.3) is 21.8 Å². The van der Waals surface area contributed by atoms with Crippen molar-refractivity contribution >= 4 is 33.4 Å². The molecule has 0 bridgehead atoms. The van der Waals surface area contributed by atoms with Crippen LogP contribution in [-0.2, 0) is 0 Å². The predicted molar refractivity (Wildman–Crippen MR) is 64.1 cm³/mol. The number of hydrogen-bond acceptors (Lipinski definition) is 1. The summed E-state index contributed by atoms with van der Waals surface area (Å²) in [5.41, 5.74) is 0.164. The van der Waals surface area contributed by atoms with Gasteiger partial charge in [-0.15, -0.1) is 0 Å². The van der Waals surface area contributed by atoms with Crippen LogP contribution >= 0.6 is 11.6 Å². The van der Waals surface area contributed by atoms with Gasteiger partial charge in [-0.3, -0.25) is 0 Å². The third-order valence-electron chi connectivity index (χ3n) is 2.75. The molecule has 3 aromatic rings. The molecule has 1 heterocycles. The van der Waals surface area contributed by atoms with Gasteiger partial charge < -0.3 is 0 Å². The van der Waals surface area contributed by atoms with Crippen molar-refractivity contribution in [1.82, 2.24) is 4.98 Å². The molecule has 0 unspecified atom stereocenters. The summed E-state index contributed by atoms with van der Waals surface area (Å²) >= 11 is 6.07. The third-order valence-corrected chi connectivity index (χ3v) is 3.15. The highest BCUT2D eigenvalue weighted by molar-refractivity contribution is 6.40.